The normalized spacial score (nSPS) is 11.9. The van der Waals surface area contributed by atoms with Crippen molar-refractivity contribution in [2.75, 3.05) is 0 Å². The van der Waals surface area contributed by atoms with Crippen molar-refractivity contribution in [1.82, 2.24) is 24.1 Å². The molecule has 12 aromatic rings. The maximum absolute atomic E-state index is 6.94. The summed E-state index contributed by atoms with van der Waals surface area (Å²) in [6, 6.07) is 63.7. The third-order valence-electron chi connectivity index (χ3n) is 11.5. The molecule has 58 heavy (non-hydrogen) atoms. The molecule has 0 saturated carbocycles. The second kappa shape index (κ2) is 12.6. The molecule has 0 aliphatic rings. The minimum Gasteiger partial charge on any atom is -0.455 e. The SMILES string of the molecule is Cc1cc(-n2c3ccccc3c3cc4c(cc32)c2ccccc2n4-c2ccccc2)c2c(oc3ccccc32)c1-c1nc(-c2ccccc2)nc(-c2ccccc2)n1. The number of para-hydroxylation sites is 4. The van der Waals surface area contributed by atoms with Gasteiger partial charge in [0.15, 0.2) is 17.5 Å². The lowest BCUT2D eigenvalue weighted by atomic mass is 10.0. The van der Waals surface area contributed by atoms with Crippen LogP contribution >= 0.6 is 0 Å². The highest BCUT2D eigenvalue weighted by atomic mass is 16.3. The molecule has 0 atom stereocenters. The fourth-order valence-corrected chi connectivity index (χ4v) is 8.92. The minimum absolute atomic E-state index is 0.568. The summed E-state index contributed by atoms with van der Waals surface area (Å²) in [5.41, 5.74) is 12.0. The van der Waals surface area contributed by atoms with Gasteiger partial charge in [-0.2, -0.15) is 0 Å². The standard InChI is InChI=1S/C52H33N5O/c1-32-29-45(57-42-27-15-12-24-37(42)40-30-43-39(31-44(40)57)36-23-11-14-26-41(36)56(43)35-21-9-4-10-22-35)48-38-25-13-16-28-46(38)58-49(48)47(32)52-54-50(33-17-5-2-6-18-33)53-51(55-52)34-19-7-3-8-20-34/h2-31H,1H3. The molecule has 0 aliphatic heterocycles. The van der Waals surface area contributed by atoms with Gasteiger partial charge in [0, 0.05) is 43.7 Å². The molecular formula is C52H33N5O. The first-order valence-corrected chi connectivity index (χ1v) is 19.5. The van der Waals surface area contributed by atoms with E-state index in [1.54, 1.807) is 0 Å². The number of aromatic nitrogens is 5. The molecule has 8 aromatic carbocycles. The van der Waals surface area contributed by atoms with Crippen molar-refractivity contribution in [2.45, 2.75) is 6.92 Å². The number of hydrogen-bond acceptors (Lipinski definition) is 4. The number of furan rings is 1. The van der Waals surface area contributed by atoms with Gasteiger partial charge < -0.3 is 13.6 Å². The van der Waals surface area contributed by atoms with Crippen molar-refractivity contribution in [3.63, 3.8) is 0 Å². The second-order valence-electron chi connectivity index (χ2n) is 14.9. The topological polar surface area (TPSA) is 61.7 Å². The Morgan fingerprint density at radius 2 is 0.897 bits per heavy atom. The van der Waals surface area contributed by atoms with Crippen LogP contribution in [0.4, 0.5) is 0 Å². The van der Waals surface area contributed by atoms with E-state index < -0.39 is 0 Å². The first kappa shape index (κ1) is 32.4. The van der Waals surface area contributed by atoms with E-state index in [1.165, 1.54) is 32.6 Å². The third kappa shape index (κ3) is 4.82. The molecule has 0 fully saturated rings. The Balaban J connectivity index is 1.19. The van der Waals surface area contributed by atoms with Gasteiger partial charge in [0.05, 0.1) is 38.7 Å². The Hall–Kier alpha value is -7.83. The Morgan fingerprint density at radius 1 is 0.414 bits per heavy atom. The molecule has 4 heterocycles. The fourth-order valence-electron chi connectivity index (χ4n) is 8.92. The predicted molar refractivity (Wildman–Crippen MR) is 237 cm³/mol. The third-order valence-corrected chi connectivity index (χ3v) is 11.5. The van der Waals surface area contributed by atoms with Crippen LogP contribution in [0.15, 0.2) is 186 Å². The zero-order valence-electron chi connectivity index (χ0n) is 31.5. The van der Waals surface area contributed by atoms with Gasteiger partial charge in [-0.3, -0.25) is 0 Å². The molecule has 0 N–H and O–H groups in total. The van der Waals surface area contributed by atoms with Gasteiger partial charge in [0.25, 0.3) is 0 Å². The lowest BCUT2D eigenvalue weighted by molar-refractivity contribution is 0.669. The molecule has 0 unspecified atom stereocenters. The Bertz CT molecular complexity index is 3510. The van der Waals surface area contributed by atoms with E-state index in [0.29, 0.717) is 17.5 Å². The second-order valence-corrected chi connectivity index (χ2v) is 14.9. The number of fused-ring (bicyclic) bond motifs is 9. The Labute approximate surface area is 332 Å². The van der Waals surface area contributed by atoms with Crippen molar-refractivity contribution in [3.05, 3.63) is 188 Å². The van der Waals surface area contributed by atoms with Crippen molar-refractivity contribution < 1.29 is 4.42 Å². The van der Waals surface area contributed by atoms with Gasteiger partial charge >= 0.3 is 0 Å². The molecule has 0 aliphatic carbocycles. The quantitative estimate of drug-likeness (QED) is 0.176. The molecule has 6 nitrogen and oxygen atoms in total. The highest BCUT2D eigenvalue weighted by molar-refractivity contribution is 6.21. The highest BCUT2D eigenvalue weighted by Crippen LogP contribution is 2.45. The molecule has 0 amide bonds. The number of aryl methyl sites for hydroxylation is 1. The zero-order chi connectivity index (χ0) is 38.3. The van der Waals surface area contributed by atoms with Crippen molar-refractivity contribution >= 4 is 65.6 Å². The molecule has 4 aromatic heterocycles. The van der Waals surface area contributed by atoms with Crippen LogP contribution in [-0.4, -0.2) is 24.1 Å². The summed E-state index contributed by atoms with van der Waals surface area (Å²) >= 11 is 0. The first-order valence-electron chi connectivity index (χ1n) is 19.5. The fraction of sp³-hybridized carbons (Fsp3) is 0.0192. The summed E-state index contributed by atoms with van der Waals surface area (Å²) in [7, 11) is 0. The van der Waals surface area contributed by atoms with E-state index in [1.807, 2.05) is 72.8 Å². The number of rotatable bonds is 5. The minimum atomic E-state index is 0.568. The summed E-state index contributed by atoms with van der Waals surface area (Å²) in [6.07, 6.45) is 0. The summed E-state index contributed by atoms with van der Waals surface area (Å²) in [4.78, 5) is 15.3. The maximum atomic E-state index is 6.94. The van der Waals surface area contributed by atoms with Gasteiger partial charge in [0.1, 0.15) is 11.2 Å². The van der Waals surface area contributed by atoms with E-state index in [9.17, 15) is 0 Å². The van der Waals surface area contributed by atoms with E-state index in [0.717, 1.165) is 66.6 Å². The summed E-state index contributed by atoms with van der Waals surface area (Å²) in [5.74, 6) is 1.79. The van der Waals surface area contributed by atoms with Crippen LogP contribution in [0.25, 0.3) is 111 Å². The van der Waals surface area contributed by atoms with Gasteiger partial charge in [-0.15, -0.1) is 0 Å². The van der Waals surface area contributed by atoms with Crippen LogP contribution in [0.1, 0.15) is 5.56 Å². The molecule has 0 bridgehead atoms. The highest BCUT2D eigenvalue weighted by Gasteiger charge is 2.26. The predicted octanol–water partition coefficient (Wildman–Crippen LogP) is 13.3. The van der Waals surface area contributed by atoms with Crippen LogP contribution in [-0.2, 0) is 0 Å². The largest absolute Gasteiger partial charge is 0.455 e. The average molecular weight is 744 g/mol. The van der Waals surface area contributed by atoms with Gasteiger partial charge in [0.2, 0.25) is 0 Å². The molecule has 6 heteroatoms. The lowest BCUT2D eigenvalue weighted by Gasteiger charge is -2.15. The van der Waals surface area contributed by atoms with Gasteiger partial charge in [-0.05, 0) is 61.0 Å². The molecule has 12 rings (SSSR count). The van der Waals surface area contributed by atoms with E-state index in [2.05, 4.69) is 125 Å². The van der Waals surface area contributed by atoms with E-state index in [4.69, 9.17) is 19.4 Å². The van der Waals surface area contributed by atoms with Crippen molar-refractivity contribution in [2.24, 2.45) is 0 Å². The van der Waals surface area contributed by atoms with Crippen LogP contribution in [0.5, 0.6) is 0 Å². The van der Waals surface area contributed by atoms with Crippen LogP contribution in [0.2, 0.25) is 0 Å². The summed E-state index contributed by atoms with van der Waals surface area (Å²) in [6.45, 7) is 2.14. The molecule has 0 saturated heterocycles. The Kier molecular flexibility index (Phi) is 7.04. The first-order chi connectivity index (χ1) is 28.7. The van der Waals surface area contributed by atoms with Crippen molar-refractivity contribution in [3.8, 4) is 45.5 Å². The zero-order valence-corrected chi connectivity index (χ0v) is 31.5. The summed E-state index contributed by atoms with van der Waals surface area (Å²) < 4.78 is 11.8. The monoisotopic (exact) mass is 743 g/mol. The van der Waals surface area contributed by atoms with E-state index in [-0.39, 0.29) is 0 Å². The van der Waals surface area contributed by atoms with Gasteiger partial charge in [-0.25, -0.2) is 15.0 Å². The van der Waals surface area contributed by atoms with E-state index >= 15 is 0 Å². The summed E-state index contributed by atoms with van der Waals surface area (Å²) in [5, 5.41) is 6.82. The van der Waals surface area contributed by atoms with Crippen LogP contribution in [0.3, 0.4) is 0 Å². The van der Waals surface area contributed by atoms with Crippen LogP contribution in [0, 0.1) is 6.92 Å². The molecule has 0 spiro atoms. The molecule has 0 radical (unpaired) electrons. The number of benzene rings is 8. The van der Waals surface area contributed by atoms with Gasteiger partial charge in [-0.1, -0.05) is 133 Å². The Morgan fingerprint density at radius 3 is 1.52 bits per heavy atom. The number of hydrogen-bond donors (Lipinski definition) is 0. The number of nitrogens with zero attached hydrogens (tertiary/aromatic N) is 5. The van der Waals surface area contributed by atoms with Crippen LogP contribution < -0.4 is 0 Å². The lowest BCUT2D eigenvalue weighted by Crippen LogP contribution is -2.03. The molecule has 272 valence electrons. The maximum Gasteiger partial charge on any atom is 0.168 e. The molecular weight excluding hydrogens is 711 g/mol. The van der Waals surface area contributed by atoms with Crippen molar-refractivity contribution in [1.29, 1.82) is 0 Å². The average Bonchev–Trinajstić information content (AvgIpc) is 3.94. The smallest absolute Gasteiger partial charge is 0.168 e.